The Balaban J connectivity index is 2.15. The second kappa shape index (κ2) is 8.37. The van der Waals surface area contributed by atoms with Gasteiger partial charge in [-0.1, -0.05) is 30.2 Å². The highest BCUT2D eigenvalue weighted by molar-refractivity contribution is 6.33. The zero-order chi connectivity index (χ0) is 14.1. The fraction of sp³-hybridized carbons (Fsp3) is 0.385. The molecule has 0 unspecified atom stereocenters. The molecule has 3 N–H and O–H groups in total. The Morgan fingerprint density at radius 3 is 2.58 bits per heavy atom. The van der Waals surface area contributed by atoms with Crippen LogP contribution in [-0.4, -0.2) is 23.7 Å². The van der Waals surface area contributed by atoms with Crippen molar-refractivity contribution in [3.8, 4) is 0 Å². The van der Waals surface area contributed by atoms with Crippen molar-refractivity contribution in [1.82, 2.24) is 5.32 Å². The van der Waals surface area contributed by atoms with Gasteiger partial charge < -0.3 is 15.7 Å². The molecule has 1 rings (SSSR count). The Morgan fingerprint density at radius 2 is 1.89 bits per heavy atom. The van der Waals surface area contributed by atoms with E-state index in [1.165, 1.54) is 0 Å². The average Bonchev–Trinajstić information content (AvgIpc) is 2.36. The Morgan fingerprint density at radius 1 is 1.16 bits per heavy atom. The molecule has 0 aromatic heterocycles. The number of halogens is 1. The molecule has 0 spiro atoms. The maximum Gasteiger partial charge on any atom is 0.319 e. The second-order valence-electron chi connectivity index (χ2n) is 4.07. The molecule has 19 heavy (non-hydrogen) atoms. The van der Waals surface area contributed by atoms with Crippen molar-refractivity contribution < 1.29 is 14.7 Å². The molecule has 1 aromatic carbocycles. The number of hydrogen-bond donors (Lipinski definition) is 3. The van der Waals surface area contributed by atoms with Crippen LogP contribution in [0.1, 0.15) is 25.7 Å². The van der Waals surface area contributed by atoms with Gasteiger partial charge in [0.1, 0.15) is 0 Å². The quantitative estimate of drug-likeness (QED) is 0.673. The Labute approximate surface area is 117 Å². The number of hydrogen-bond acceptors (Lipinski definition) is 2. The smallest absolute Gasteiger partial charge is 0.319 e. The normalized spacial score (nSPS) is 9.95. The van der Waals surface area contributed by atoms with Gasteiger partial charge in [-0.3, -0.25) is 4.79 Å². The fourth-order valence-corrected chi connectivity index (χ4v) is 1.69. The Kier molecular flexibility index (Phi) is 6.74. The predicted octanol–water partition coefficient (Wildman–Crippen LogP) is 3.11. The van der Waals surface area contributed by atoms with Gasteiger partial charge in [0, 0.05) is 13.0 Å². The number of amides is 2. The van der Waals surface area contributed by atoms with Crippen LogP contribution in [-0.2, 0) is 4.79 Å². The monoisotopic (exact) mass is 284 g/mol. The van der Waals surface area contributed by atoms with Gasteiger partial charge in [0.05, 0.1) is 10.7 Å². The van der Waals surface area contributed by atoms with Gasteiger partial charge in [0.25, 0.3) is 0 Å². The minimum Gasteiger partial charge on any atom is -0.481 e. The number of rotatable bonds is 7. The van der Waals surface area contributed by atoms with Crippen LogP contribution in [0.3, 0.4) is 0 Å². The predicted molar refractivity (Wildman–Crippen MR) is 74.6 cm³/mol. The highest BCUT2D eigenvalue weighted by Crippen LogP contribution is 2.19. The van der Waals surface area contributed by atoms with Crippen molar-refractivity contribution in [2.24, 2.45) is 0 Å². The number of carbonyl (C=O) groups is 2. The molecule has 0 radical (unpaired) electrons. The van der Waals surface area contributed by atoms with Crippen molar-refractivity contribution in [1.29, 1.82) is 0 Å². The molecule has 0 aliphatic carbocycles. The lowest BCUT2D eigenvalue weighted by Crippen LogP contribution is -2.29. The first-order chi connectivity index (χ1) is 9.09. The van der Waals surface area contributed by atoms with Gasteiger partial charge in [0.15, 0.2) is 0 Å². The van der Waals surface area contributed by atoms with E-state index in [2.05, 4.69) is 10.6 Å². The lowest BCUT2D eigenvalue weighted by molar-refractivity contribution is -0.137. The number of anilines is 1. The van der Waals surface area contributed by atoms with Crippen LogP contribution in [0, 0.1) is 0 Å². The van der Waals surface area contributed by atoms with Crippen LogP contribution in [0.5, 0.6) is 0 Å². The molecule has 1 aromatic rings. The van der Waals surface area contributed by atoms with E-state index in [1.807, 2.05) is 0 Å². The minimum atomic E-state index is -0.788. The largest absolute Gasteiger partial charge is 0.481 e. The summed E-state index contributed by atoms with van der Waals surface area (Å²) in [7, 11) is 0. The van der Waals surface area contributed by atoms with Crippen LogP contribution in [0.2, 0.25) is 5.02 Å². The van der Waals surface area contributed by atoms with Crippen LogP contribution in [0.25, 0.3) is 0 Å². The van der Waals surface area contributed by atoms with E-state index < -0.39 is 5.97 Å². The molecular weight excluding hydrogens is 268 g/mol. The molecule has 0 heterocycles. The summed E-state index contributed by atoms with van der Waals surface area (Å²) in [4.78, 5) is 21.8. The number of carboxylic acid groups (broad SMARTS) is 1. The van der Waals surface area contributed by atoms with Gasteiger partial charge in [-0.2, -0.15) is 0 Å². The van der Waals surface area contributed by atoms with Crippen LogP contribution < -0.4 is 10.6 Å². The molecular formula is C13H17ClN2O3. The third-order valence-corrected chi connectivity index (χ3v) is 2.80. The lowest BCUT2D eigenvalue weighted by Gasteiger charge is -2.08. The summed E-state index contributed by atoms with van der Waals surface area (Å²) in [6.45, 7) is 0.510. The summed E-state index contributed by atoms with van der Waals surface area (Å²) in [5.74, 6) is -0.788. The molecule has 0 aliphatic rings. The van der Waals surface area contributed by atoms with E-state index in [0.717, 1.165) is 12.8 Å². The number of unbranched alkanes of at least 4 members (excludes halogenated alkanes) is 2. The number of aliphatic carboxylic acids is 1. The third-order valence-electron chi connectivity index (χ3n) is 2.48. The third kappa shape index (κ3) is 6.67. The molecule has 0 saturated carbocycles. The van der Waals surface area contributed by atoms with Gasteiger partial charge in [-0.25, -0.2) is 4.79 Å². The summed E-state index contributed by atoms with van der Waals surface area (Å²) in [5, 5.41) is 14.3. The van der Waals surface area contributed by atoms with Crippen LogP contribution in [0.4, 0.5) is 10.5 Å². The average molecular weight is 285 g/mol. The molecule has 0 saturated heterocycles. The molecule has 0 atom stereocenters. The number of carboxylic acids is 1. The topological polar surface area (TPSA) is 78.4 Å². The molecule has 2 amide bonds. The van der Waals surface area contributed by atoms with Crippen molar-refractivity contribution in [2.45, 2.75) is 25.7 Å². The summed E-state index contributed by atoms with van der Waals surface area (Å²) < 4.78 is 0. The summed E-state index contributed by atoms with van der Waals surface area (Å²) in [6, 6.07) is 6.67. The van der Waals surface area contributed by atoms with E-state index in [-0.39, 0.29) is 12.5 Å². The number of urea groups is 1. The maximum absolute atomic E-state index is 11.5. The SMILES string of the molecule is O=C(O)CCCCCNC(=O)Nc1ccccc1Cl. The van der Waals surface area contributed by atoms with Gasteiger partial charge in [-0.15, -0.1) is 0 Å². The maximum atomic E-state index is 11.5. The molecule has 0 aliphatic heterocycles. The number of benzene rings is 1. The van der Waals surface area contributed by atoms with E-state index >= 15 is 0 Å². The summed E-state index contributed by atoms with van der Waals surface area (Å²) in [5.41, 5.74) is 0.563. The Hall–Kier alpha value is -1.75. The van der Waals surface area contributed by atoms with Gasteiger partial charge in [0.2, 0.25) is 0 Å². The molecule has 5 nitrogen and oxygen atoms in total. The first kappa shape index (κ1) is 15.3. The molecule has 104 valence electrons. The van der Waals surface area contributed by atoms with Crippen LogP contribution >= 0.6 is 11.6 Å². The zero-order valence-electron chi connectivity index (χ0n) is 10.5. The van der Waals surface area contributed by atoms with E-state index in [0.29, 0.717) is 23.7 Å². The zero-order valence-corrected chi connectivity index (χ0v) is 11.2. The van der Waals surface area contributed by atoms with Crippen molar-refractivity contribution in [3.05, 3.63) is 29.3 Å². The van der Waals surface area contributed by atoms with Crippen LogP contribution in [0.15, 0.2) is 24.3 Å². The summed E-state index contributed by atoms with van der Waals surface area (Å²) >= 11 is 5.90. The number of carbonyl (C=O) groups excluding carboxylic acids is 1. The standard InChI is InChI=1S/C13H17ClN2O3/c14-10-6-3-4-7-11(10)16-13(19)15-9-5-1-2-8-12(17)18/h3-4,6-7H,1-2,5,8-9H2,(H,17,18)(H2,15,16,19). The second-order valence-corrected chi connectivity index (χ2v) is 4.47. The molecule has 6 heteroatoms. The molecule has 0 bridgehead atoms. The highest BCUT2D eigenvalue weighted by Gasteiger charge is 2.03. The van der Waals surface area contributed by atoms with Crippen molar-refractivity contribution in [3.63, 3.8) is 0 Å². The number of nitrogens with one attached hydrogen (secondary N) is 2. The molecule has 0 fully saturated rings. The van der Waals surface area contributed by atoms with Gasteiger partial charge in [-0.05, 0) is 25.0 Å². The van der Waals surface area contributed by atoms with E-state index in [1.54, 1.807) is 24.3 Å². The van der Waals surface area contributed by atoms with E-state index in [9.17, 15) is 9.59 Å². The van der Waals surface area contributed by atoms with Crippen molar-refractivity contribution in [2.75, 3.05) is 11.9 Å². The van der Waals surface area contributed by atoms with E-state index in [4.69, 9.17) is 16.7 Å². The summed E-state index contributed by atoms with van der Waals surface area (Å²) in [6.07, 6.45) is 2.33. The first-order valence-corrected chi connectivity index (χ1v) is 6.48. The Bertz CT molecular complexity index is 438. The minimum absolute atomic E-state index is 0.172. The lowest BCUT2D eigenvalue weighted by atomic mass is 10.2. The number of para-hydroxylation sites is 1. The van der Waals surface area contributed by atoms with Crippen molar-refractivity contribution >= 4 is 29.3 Å². The first-order valence-electron chi connectivity index (χ1n) is 6.11. The highest BCUT2D eigenvalue weighted by atomic mass is 35.5. The van der Waals surface area contributed by atoms with Gasteiger partial charge >= 0.3 is 12.0 Å². The fourth-order valence-electron chi connectivity index (χ4n) is 1.51.